The van der Waals surface area contributed by atoms with E-state index in [-0.39, 0.29) is 0 Å². The van der Waals surface area contributed by atoms with Gasteiger partial charge in [-0.3, -0.25) is 0 Å². The molecule has 0 aliphatic rings. The standard InChI is InChI=1S/C27H22/c1-5-13-22(14-6-1)21-26(23-15-7-2-8-16-23)27(24-17-9-3-10-18-24)25-19-11-4-12-20-25/h1-20H,21H2. The van der Waals surface area contributed by atoms with Crippen molar-refractivity contribution in [2.24, 2.45) is 0 Å². The summed E-state index contributed by atoms with van der Waals surface area (Å²) in [5.74, 6) is 0. The first kappa shape index (κ1) is 17.1. The topological polar surface area (TPSA) is 0 Å². The molecule has 0 N–H and O–H groups in total. The summed E-state index contributed by atoms with van der Waals surface area (Å²) in [6.45, 7) is 0. The van der Waals surface area contributed by atoms with Gasteiger partial charge in [-0.2, -0.15) is 0 Å². The van der Waals surface area contributed by atoms with Crippen molar-refractivity contribution >= 4 is 11.1 Å². The van der Waals surface area contributed by atoms with Gasteiger partial charge >= 0.3 is 0 Å². The quantitative estimate of drug-likeness (QED) is 0.345. The summed E-state index contributed by atoms with van der Waals surface area (Å²) in [5.41, 5.74) is 7.73. The van der Waals surface area contributed by atoms with Gasteiger partial charge in [0, 0.05) is 0 Å². The Balaban J connectivity index is 1.97. The number of benzene rings is 4. The van der Waals surface area contributed by atoms with Gasteiger partial charge in [-0.1, -0.05) is 121 Å². The van der Waals surface area contributed by atoms with Crippen LogP contribution in [0.3, 0.4) is 0 Å². The average Bonchev–Trinajstić information content (AvgIpc) is 2.76. The maximum atomic E-state index is 2.21. The molecule has 0 atom stereocenters. The van der Waals surface area contributed by atoms with E-state index in [0.29, 0.717) is 0 Å². The molecular weight excluding hydrogens is 324 g/mol. The summed E-state index contributed by atoms with van der Waals surface area (Å²) in [6.07, 6.45) is 0.893. The molecule has 0 radical (unpaired) electrons. The van der Waals surface area contributed by atoms with E-state index in [2.05, 4.69) is 121 Å². The normalized spacial score (nSPS) is 10.4. The molecule has 4 aromatic rings. The maximum absolute atomic E-state index is 2.21. The molecule has 0 aliphatic carbocycles. The molecule has 0 aliphatic heterocycles. The van der Waals surface area contributed by atoms with Gasteiger partial charge in [-0.05, 0) is 39.8 Å². The Morgan fingerprint density at radius 1 is 0.407 bits per heavy atom. The molecule has 130 valence electrons. The van der Waals surface area contributed by atoms with Crippen LogP contribution in [0.4, 0.5) is 0 Å². The van der Waals surface area contributed by atoms with Gasteiger partial charge in [-0.15, -0.1) is 0 Å². The van der Waals surface area contributed by atoms with Crippen molar-refractivity contribution in [3.8, 4) is 0 Å². The van der Waals surface area contributed by atoms with Crippen molar-refractivity contribution in [1.29, 1.82) is 0 Å². The van der Waals surface area contributed by atoms with Crippen LogP contribution in [0.5, 0.6) is 0 Å². The lowest BCUT2D eigenvalue weighted by atomic mass is 9.86. The first-order chi connectivity index (χ1) is 13.4. The zero-order valence-corrected chi connectivity index (χ0v) is 15.3. The Hall–Kier alpha value is -3.38. The van der Waals surface area contributed by atoms with Crippen LogP contribution in [0, 0.1) is 0 Å². The van der Waals surface area contributed by atoms with Crippen molar-refractivity contribution in [3.63, 3.8) is 0 Å². The van der Waals surface area contributed by atoms with Gasteiger partial charge in [0.1, 0.15) is 0 Å². The third-order valence-corrected chi connectivity index (χ3v) is 4.77. The lowest BCUT2D eigenvalue weighted by Gasteiger charge is -2.18. The van der Waals surface area contributed by atoms with Crippen molar-refractivity contribution in [3.05, 3.63) is 144 Å². The highest BCUT2D eigenvalue weighted by molar-refractivity contribution is 5.99. The zero-order chi connectivity index (χ0) is 18.3. The largest absolute Gasteiger partial charge is 0.0622 e. The van der Waals surface area contributed by atoms with Gasteiger partial charge in [0.05, 0.1) is 0 Å². The highest BCUT2D eigenvalue weighted by Gasteiger charge is 2.14. The molecule has 4 aromatic carbocycles. The first-order valence-corrected chi connectivity index (χ1v) is 9.35. The van der Waals surface area contributed by atoms with Crippen molar-refractivity contribution in [2.45, 2.75) is 6.42 Å². The first-order valence-electron chi connectivity index (χ1n) is 9.35. The fraction of sp³-hybridized carbons (Fsp3) is 0.0370. The van der Waals surface area contributed by atoms with E-state index < -0.39 is 0 Å². The van der Waals surface area contributed by atoms with E-state index >= 15 is 0 Å². The minimum absolute atomic E-state index is 0.893. The van der Waals surface area contributed by atoms with E-state index in [1.54, 1.807) is 0 Å². The average molecular weight is 346 g/mol. The molecule has 0 heterocycles. The molecule has 0 saturated carbocycles. The molecule has 0 amide bonds. The fourth-order valence-corrected chi connectivity index (χ4v) is 3.50. The second kappa shape index (κ2) is 8.33. The van der Waals surface area contributed by atoms with Crippen molar-refractivity contribution < 1.29 is 0 Å². The molecule has 27 heavy (non-hydrogen) atoms. The second-order valence-electron chi connectivity index (χ2n) is 6.61. The van der Waals surface area contributed by atoms with E-state index in [1.165, 1.54) is 33.4 Å². The van der Waals surface area contributed by atoms with Gasteiger partial charge in [0.15, 0.2) is 0 Å². The molecular formula is C27H22. The molecule has 0 saturated heterocycles. The molecule has 0 aromatic heterocycles. The van der Waals surface area contributed by atoms with Crippen LogP contribution >= 0.6 is 0 Å². The minimum Gasteiger partial charge on any atom is -0.0622 e. The Bertz CT molecular complexity index is 957. The Morgan fingerprint density at radius 2 is 0.778 bits per heavy atom. The third-order valence-electron chi connectivity index (χ3n) is 4.77. The highest BCUT2D eigenvalue weighted by atomic mass is 14.2. The van der Waals surface area contributed by atoms with Crippen LogP contribution in [-0.4, -0.2) is 0 Å². The van der Waals surface area contributed by atoms with Crippen LogP contribution in [0.2, 0.25) is 0 Å². The molecule has 0 spiro atoms. The van der Waals surface area contributed by atoms with Gasteiger partial charge < -0.3 is 0 Å². The summed E-state index contributed by atoms with van der Waals surface area (Å²) in [4.78, 5) is 0. The third kappa shape index (κ3) is 4.07. The van der Waals surface area contributed by atoms with Gasteiger partial charge in [-0.25, -0.2) is 0 Å². The molecule has 0 bridgehead atoms. The predicted molar refractivity (Wildman–Crippen MR) is 115 cm³/mol. The SMILES string of the molecule is c1ccc(CC(=C(c2ccccc2)c2ccccc2)c2ccccc2)cc1. The zero-order valence-electron chi connectivity index (χ0n) is 15.3. The molecule has 0 fully saturated rings. The highest BCUT2D eigenvalue weighted by Crippen LogP contribution is 2.34. The predicted octanol–water partition coefficient (Wildman–Crippen LogP) is 6.89. The molecule has 0 heteroatoms. The van der Waals surface area contributed by atoms with Crippen LogP contribution in [0.15, 0.2) is 121 Å². The molecule has 4 rings (SSSR count). The van der Waals surface area contributed by atoms with Gasteiger partial charge in [0.2, 0.25) is 0 Å². The molecule has 0 nitrogen and oxygen atoms in total. The van der Waals surface area contributed by atoms with Crippen molar-refractivity contribution in [2.75, 3.05) is 0 Å². The Kier molecular flexibility index (Phi) is 5.26. The fourth-order valence-electron chi connectivity index (χ4n) is 3.50. The molecule has 0 unspecified atom stereocenters. The summed E-state index contributed by atoms with van der Waals surface area (Å²) < 4.78 is 0. The van der Waals surface area contributed by atoms with Crippen molar-refractivity contribution in [1.82, 2.24) is 0 Å². The lowest BCUT2D eigenvalue weighted by Crippen LogP contribution is -1.98. The van der Waals surface area contributed by atoms with E-state index in [0.717, 1.165) is 6.42 Å². The Labute approximate surface area is 161 Å². The second-order valence-corrected chi connectivity index (χ2v) is 6.61. The van der Waals surface area contributed by atoms with Gasteiger partial charge in [0.25, 0.3) is 0 Å². The van der Waals surface area contributed by atoms with E-state index in [1.807, 2.05) is 0 Å². The maximum Gasteiger partial charge on any atom is -0.00134 e. The van der Waals surface area contributed by atoms with E-state index in [9.17, 15) is 0 Å². The monoisotopic (exact) mass is 346 g/mol. The number of rotatable bonds is 5. The summed E-state index contributed by atoms with van der Waals surface area (Å²) in [5, 5.41) is 0. The number of hydrogen-bond acceptors (Lipinski definition) is 0. The lowest BCUT2D eigenvalue weighted by molar-refractivity contribution is 1.28. The summed E-state index contributed by atoms with van der Waals surface area (Å²) in [7, 11) is 0. The Morgan fingerprint density at radius 3 is 1.22 bits per heavy atom. The van der Waals surface area contributed by atoms with E-state index in [4.69, 9.17) is 0 Å². The number of hydrogen-bond donors (Lipinski definition) is 0. The number of allylic oxidation sites excluding steroid dienone is 1. The van der Waals surface area contributed by atoms with Crippen LogP contribution in [-0.2, 0) is 6.42 Å². The summed E-state index contributed by atoms with van der Waals surface area (Å²) in [6, 6.07) is 42.9. The summed E-state index contributed by atoms with van der Waals surface area (Å²) >= 11 is 0. The van der Waals surface area contributed by atoms with Crippen LogP contribution in [0.25, 0.3) is 11.1 Å². The van der Waals surface area contributed by atoms with Crippen LogP contribution < -0.4 is 0 Å². The minimum atomic E-state index is 0.893. The smallest absolute Gasteiger partial charge is 0.00134 e. The van der Waals surface area contributed by atoms with Crippen LogP contribution in [0.1, 0.15) is 22.3 Å².